The predicted molar refractivity (Wildman–Crippen MR) is 108 cm³/mol. The molecule has 0 radical (unpaired) electrons. The molecule has 2 aromatic carbocycles. The largest absolute Gasteiger partial charge is 0.292 e. The molecule has 0 aliphatic carbocycles. The van der Waals surface area contributed by atoms with Crippen molar-refractivity contribution in [3.63, 3.8) is 0 Å². The van der Waals surface area contributed by atoms with Crippen LogP contribution in [0.4, 0.5) is 0 Å². The van der Waals surface area contributed by atoms with Crippen LogP contribution in [0.3, 0.4) is 0 Å². The fourth-order valence-electron chi connectivity index (χ4n) is 4.17. The first kappa shape index (κ1) is 17.0. The summed E-state index contributed by atoms with van der Waals surface area (Å²) < 4.78 is 0. The van der Waals surface area contributed by atoms with E-state index in [4.69, 9.17) is 0 Å². The lowest BCUT2D eigenvalue weighted by atomic mass is 9.88. The van der Waals surface area contributed by atoms with E-state index < -0.39 is 0 Å². The quantitative estimate of drug-likeness (QED) is 0.729. The first-order chi connectivity index (χ1) is 12.5. The minimum Gasteiger partial charge on any atom is -0.292 e. The summed E-state index contributed by atoms with van der Waals surface area (Å²) in [6, 6.07) is 17.3. The number of ketones is 1. The van der Waals surface area contributed by atoms with Crippen LogP contribution in [-0.2, 0) is 4.79 Å². The van der Waals surface area contributed by atoms with Gasteiger partial charge in [-0.3, -0.25) is 9.69 Å². The predicted octanol–water partition coefficient (Wildman–Crippen LogP) is 4.82. The van der Waals surface area contributed by atoms with Crippen LogP contribution in [0.15, 0.2) is 59.7 Å². The summed E-state index contributed by atoms with van der Waals surface area (Å²) in [6.45, 7) is 4.17. The fourth-order valence-corrected chi connectivity index (χ4v) is 4.17. The molecule has 132 valence electrons. The smallest absolute Gasteiger partial charge is 0.188 e. The number of aryl methyl sites for hydroxylation is 2. The number of carbonyl (C=O) groups is 1. The Labute approximate surface area is 155 Å². The highest BCUT2D eigenvalue weighted by atomic mass is 16.1. The molecule has 2 nitrogen and oxygen atoms in total. The minimum absolute atomic E-state index is 0.219. The van der Waals surface area contributed by atoms with Crippen molar-refractivity contribution >= 4 is 17.9 Å². The van der Waals surface area contributed by atoms with Crippen LogP contribution in [0.2, 0.25) is 0 Å². The Balaban J connectivity index is 1.75. The second-order valence-corrected chi connectivity index (χ2v) is 7.62. The van der Waals surface area contributed by atoms with Crippen LogP contribution < -0.4 is 0 Å². The lowest BCUT2D eigenvalue weighted by Crippen LogP contribution is -2.43. The molecule has 2 unspecified atom stereocenters. The molecule has 4 rings (SSSR count). The Morgan fingerprint density at radius 3 is 1.54 bits per heavy atom. The third-order valence-corrected chi connectivity index (χ3v) is 5.74. The summed E-state index contributed by atoms with van der Waals surface area (Å²) in [4.78, 5) is 15.7. The summed E-state index contributed by atoms with van der Waals surface area (Å²) in [5.41, 5.74) is 6.55. The molecule has 0 amide bonds. The Bertz CT molecular complexity index is 813. The van der Waals surface area contributed by atoms with E-state index in [2.05, 4.69) is 86.5 Å². The van der Waals surface area contributed by atoms with Crippen molar-refractivity contribution in [2.24, 2.45) is 0 Å². The van der Waals surface area contributed by atoms with Gasteiger partial charge < -0.3 is 0 Å². The van der Waals surface area contributed by atoms with Gasteiger partial charge in [-0.25, -0.2) is 0 Å². The highest BCUT2D eigenvalue weighted by molar-refractivity contribution is 6.16. The third-order valence-electron chi connectivity index (χ3n) is 5.74. The highest BCUT2D eigenvalue weighted by Crippen LogP contribution is 2.40. The molecule has 2 aromatic rings. The summed E-state index contributed by atoms with van der Waals surface area (Å²) >= 11 is 0. The fraction of sp³-hybridized carbons (Fsp3) is 0.292. The number of likely N-dealkylation sites (N-methyl/N-ethyl adjacent to an activating group) is 1. The summed E-state index contributed by atoms with van der Waals surface area (Å²) in [7, 11) is 2.15. The van der Waals surface area contributed by atoms with Gasteiger partial charge in [0.05, 0.1) is 0 Å². The first-order valence-electron chi connectivity index (χ1n) is 9.36. The maximum Gasteiger partial charge on any atom is 0.188 e. The van der Waals surface area contributed by atoms with Crippen molar-refractivity contribution in [1.29, 1.82) is 0 Å². The molecule has 2 bridgehead atoms. The lowest BCUT2D eigenvalue weighted by Gasteiger charge is -2.34. The highest BCUT2D eigenvalue weighted by Gasteiger charge is 2.44. The third kappa shape index (κ3) is 3.06. The molecular formula is C24H25NO. The molecule has 2 aliphatic rings. The van der Waals surface area contributed by atoms with Crippen molar-refractivity contribution in [2.45, 2.75) is 38.8 Å². The Morgan fingerprint density at radius 1 is 0.769 bits per heavy atom. The van der Waals surface area contributed by atoms with Crippen LogP contribution in [-0.4, -0.2) is 29.8 Å². The number of hydrogen-bond donors (Lipinski definition) is 0. The SMILES string of the molecule is Cc1ccc(/C=C2/C(=O)/C(=C/c3ccc(C)cc3)C3CCC2N3C)cc1. The number of rotatable bonds is 2. The molecule has 2 aliphatic heterocycles. The van der Waals surface area contributed by atoms with Gasteiger partial charge in [0.15, 0.2) is 5.78 Å². The monoisotopic (exact) mass is 343 g/mol. The second-order valence-electron chi connectivity index (χ2n) is 7.62. The van der Waals surface area contributed by atoms with E-state index in [1.807, 2.05) is 0 Å². The van der Waals surface area contributed by atoms with Crippen LogP contribution in [0.25, 0.3) is 12.2 Å². The average Bonchev–Trinajstić information content (AvgIpc) is 2.94. The maximum absolute atomic E-state index is 13.3. The number of carbonyl (C=O) groups excluding carboxylic acids is 1. The molecule has 2 atom stereocenters. The van der Waals surface area contributed by atoms with E-state index in [0.717, 1.165) is 35.1 Å². The molecular weight excluding hydrogens is 318 g/mol. The number of hydrogen-bond acceptors (Lipinski definition) is 2. The van der Waals surface area contributed by atoms with Crippen LogP contribution in [0, 0.1) is 13.8 Å². The normalized spacial score (nSPS) is 26.0. The molecule has 0 N–H and O–H groups in total. The zero-order valence-corrected chi connectivity index (χ0v) is 15.7. The van der Waals surface area contributed by atoms with Crippen molar-refractivity contribution in [1.82, 2.24) is 4.90 Å². The first-order valence-corrected chi connectivity index (χ1v) is 9.36. The van der Waals surface area contributed by atoms with Gasteiger partial charge >= 0.3 is 0 Å². The number of benzene rings is 2. The Morgan fingerprint density at radius 2 is 1.15 bits per heavy atom. The second kappa shape index (κ2) is 6.69. The van der Waals surface area contributed by atoms with Crippen LogP contribution in [0.5, 0.6) is 0 Å². The Kier molecular flexibility index (Phi) is 4.37. The Hall–Kier alpha value is -2.45. The number of piperidine rings is 1. The van der Waals surface area contributed by atoms with E-state index >= 15 is 0 Å². The van der Waals surface area contributed by atoms with Gasteiger partial charge in [0.25, 0.3) is 0 Å². The number of nitrogens with zero attached hydrogens (tertiary/aromatic N) is 1. The van der Waals surface area contributed by atoms with Gasteiger partial charge in [-0.15, -0.1) is 0 Å². The van der Waals surface area contributed by atoms with Crippen molar-refractivity contribution in [3.05, 3.63) is 81.9 Å². The van der Waals surface area contributed by atoms with Gasteiger partial charge in [0.2, 0.25) is 0 Å². The van der Waals surface area contributed by atoms with E-state index in [1.54, 1.807) is 0 Å². The van der Waals surface area contributed by atoms with E-state index in [0.29, 0.717) is 0 Å². The molecule has 26 heavy (non-hydrogen) atoms. The number of Topliss-reactive ketones (excluding diaryl/α,β-unsaturated/α-hetero) is 1. The van der Waals surface area contributed by atoms with Crippen LogP contribution in [0.1, 0.15) is 35.1 Å². The standard InChI is InChI=1S/C24H25NO/c1-16-4-8-18(9-5-16)14-20-22-12-13-23(25(22)3)21(24(20)26)15-19-10-6-17(2)7-11-19/h4-11,14-15,22-23H,12-13H2,1-3H3/b20-14+,21-15+. The molecule has 0 saturated carbocycles. The zero-order chi connectivity index (χ0) is 18.3. The van der Waals surface area contributed by atoms with Gasteiger partial charge in [-0.05, 0) is 57.0 Å². The van der Waals surface area contributed by atoms with Crippen molar-refractivity contribution in [2.75, 3.05) is 7.05 Å². The lowest BCUT2D eigenvalue weighted by molar-refractivity contribution is -0.114. The molecule has 2 heteroatoms. The van der Waals surface area contributed by atoms with Gasteiger partial charge in [-0.1, -0.05) is 59.7 Å². The van der Waals surface area contributed by atoms with E-state index in [-0.39, 0.29) is 17.9 Å². The maximum atomic E-state index is 13.3. The van der Waals surface area contributed by atoms with Crippen LogP contribution >= 0.6 is 0 Å². The van der Waals surface area contributed by atoms with Gasteiger partial charge in [0.1, 0.15) is 0 Å². The van der Waals surface area contributed by atoms with Gasteiger partial charge in [-0.2, -0.15) is 0 Å². The summed E-state index contributed by atoms with van der Waals surface area (Å²) in [6.07, 6.45) is 6.28. The summed E-state index contributed by atoms with van der Waals surface area (Å²) in [5, 5.41) is 0. The van der Waals surface area contributed by atoms with E-state index in [1.165, 1.54) is 11.1 Å². The topological polar surface area (TPSA) is 20.3 Å². The van der Waals surface area contributed by atoms with E-state index in [9.17, 15) is 4.79 Å². The summed E-state index contributed by atoms with van der Waals surface area (Å²) in [5.74, 6) is 0.219. The zero-order valence-electron chi connectivity index (χ0n) is 15.7. The average molecular weight is 343 g/mol. The minimum atomic E-state index is 0.219. The van der Waals surface area contributed by atoms with Crippen molar-refractivity contribution in [3.8, 4) is 0 Å². The van der Waals surface area contributed by atoms with Crippen molar-refractivity contribution < 1.29 is 4.79 Å². The molecule has 2 saturated heterocycles. The number of fused-ring (bicyclic) bond motifs is 2. The molecule has 2 heterocycles. The molecule has 0 aromatic heterocycles. The molecule has 0 spiro atoms. The van der Waals surface area contributed by atoms with Gasteiger partial charge in [0, 0.05) is 23.2 Å². The molecule has 2 fully saturated rings.